The van der Waals surface area contributed by atoms with Gasteiger partial charge in [0.05, 0.1) is 0 Å². The zero-order chi connectivity index (χ0) is 11.6. The van der Waals surface area contributed by atoms with Crippen LogP contribution in [-0.2, 0) is 5.41 Å². The van der Waals surface area contributed by atoms with Gasteiger partial charge in [0.25, 0.3) is 0 Å². The summed E-state index contributed by atoms with van der Waals surface area (Å²) in [5.41, 5.74) is 8.59. The van der Waals surface area contributed by atoms with Gasteiger partial charge in [0.15, 0.2) is 0 Å². The Labute approximate surface area is 98.4 Å². The van der Waals surface area contributed by atoms with Crippen molar-refractivity contribution in [2.24, 2.45) is 0 Å². The molecule has 1 aromatic rings. The van der Waals surface area contributed by atoms with Crippen molar-refractivity contribution in [2.75, 3.05) is 25.4 Å². The van der Waals surface area contributed by atoms with Crippen LogP contribution in [0.5, 0.6) is 0 Å². The van der Waals surface area contributed by atoms with E-state index >= 15 is 0 Å². The molecule has 0 atom stereocenters. The summed E-state index contributed by atoms with van der Waals surface area (Å²) in [4.78, 5) is 2.51. The molecule has 2 rings (SSSR count). The van der Waals surface area contributed by atoms with E-state index in [9.17, 15) is 0 Å². The Hall–Kier alpha value is -1.02. The number of hydrogen-bond donors (Lipinski definition) is 1. The lowest BCUT2D eigenvalue weighted by molar-refractivity contribution is 0.275. The smallest absolute Gasteiger partial charge is 0.0316 e. The van der Waals surface area contributed by atoms with Crippen LogP contribution in [0, 0.1) is 0 Å². The highest BCUT2D eigenvalue weighted by atomic mass is 15.1. The number of nitrogens with two attached hydrogens (primary N) is 1. The van der Waals surface area contributed by atoms with Crippen molar-refractivity contribution in [1.82, 2.24) is 4.90 Å². The fourth-order valence-electron chi connectivity index (χ4n) is 2.43. The Bertz CT molecular complexity index is 352. The number of hydrogen-bond acceptors (Lipinski definition) is 2. The van der Waals surface area contributed by atoms with Gasteiger partial charge in [-0.15, -0.1) is 0 Å². The normalized spacial score (nSPS) is 17.7. The molecule has 0 bridgehead atoms. The molecule has 0 spiro atoms. The van der Waals surface area contributed by atoms with Crippen LogP contribution in [0.15, 0.2) is 24.3 Å². The number of nitrogens with zero attached hydrogens (tertiary/aromatic N) is 1. The zero-order valence-electron chi connectivity index (χ0n) is 10.4. The SMILES string of the molecule is CCN(CC)CC1(c2cccc(N)c2)CC1. The Kier molecular flexibility index (Phi) is 3.20. The molecule has 0 amide bonds. The molecular formula is C14H22N2. The highest BCUT2D eigenvalue weighted by Crippen LogP contribution is 2.49. The Morgan fingerprint density at radius 3 is 2.44 bits per heavy atom. The minimum atomic E-state index is 0.404. The maximum Gasteiger partial charge on any atom is 0.0316 e. The highest BCUT2D eigenvalue weighted by molar-refractivity contribution is 5.45. The largest absolute Gasteiger partial charge is 0.399 e. The van der Waals surface area contributed by atoms with Crippen LogP contribution in [0.4, 0.5) is 5.69 Å². The standard InChI is InChI=1S/C14H22N2/c1-3-16(4-2)11-14(8-9-14)12-6-5-7-13(15)10-12/h5-7,10H,3-4,8-9,11,15H2,1-2H3. The van der Waals surface area contributed by atoms with Gasteiger partial charge < -0.3 is 10.6 Å². The maximum absolute atomic E-state index is 5.87. The van der Waals surface area contributed by atoms with Gasteiger partial charge in [-0.25, -0.2) is 0 Å². The fourth-order valence-corrected chi connectivity index (χ4v) is 2.43. The first-order chi connectivity index (χ1) is 7.70. The van der Waals surface area contributed by atoms with Crippen molar-refractivity contribution in [3.63, 3.8) is 0 Å². The molecule has 2 N–H and O–H groups in total. The van der Waals surface area contributed by atoms with Crippen LogP contribution in [0.1, 0.15) is 32.3 Å². The van der Waals surface area contributed by atoms with Crippen molar-refractivity contribution in [1.29, 1.82) is 0 Å². The summed E-state index contributed by atoms with van der Waals surface area (Å²) in [6, 6.07) is 8.42. The van der Waals surface area contributed by atoms with E-state index in [1.807, 2.05) is 6.07 Å². The summed E-state index contributed by atoms with van der Waals surface area (Å²) in [5.74, 6) is 0. The van der Waals surface area contributed by atoms with Gasteiger partial charge in [-0.05, 0) is 43.6 Å². The highest BCUT2D eigenvalue weighted by Gasteiger charge is 2.44. The summed E-state index contributed by atoms with van der Waals surface area (Å²) in [5, 5.41) is 0. The molecule has 1 aliphatic rings. The summed E-state index contributed by atoms with van der Waals surface area (Å²) >= 11 is 0. The fraction of sp³-hybridized carbons (Fsp3) is 0.571. The van der Waals surface area contributed by atoms with Gasteiger partial charge in [0.1, 0.15) is 0 Å². The molecule has 1 saturated carbocycles. The van der Waals surface area contributed by atoms with E-state index in [0.29, 0.717) is 5.41 Å². The molecule has 1 aliphatic carbocycles. The molecule has 2 heteroatoms. The first-order valence-electron chi connectivity index (χ1n) is 6.28. The molecule has 0 aliphatic heterocycles. The third-order valence-electron chi connectivity index (χ3n) is 3.77. The van der Waals surface area contributed by atoms with Gasteiger partial charge >= 0.3 is 0 Å². The molecule has 0 radical (unpaired) electrons. The summed E-state index contributed by atoms with van der Waals surface area (Å²) in [6.45, 7) is 7.93. The number of anilines is 1. The quantitative estimate of drug-likeness (QED) is 0.770. The molecule has 1 fully saturated rings. The lowest BCUT2D eigenvalue weighted by atomic mass is 9.95. The van der Waals surface area contributed by atoms with Gasteiger partial charge in [-0.2, -0.15) is 0 Å². The van der Waals surface area contributed by atoms with Crippen molar-refractivity contribution >= 4 is 5.69 Å². The van der Waals surface area contributed by atoms with Crippen LogP contribution in [0.2, 0.25) is 0 Å². The van der Waals surface area contributed by atoms with Crippen LogP contribution in [0.3, 0.4) is 0 Å². The van der Waals surface area contributed by atoms with Crippen LogP contribution >= 0.6 is 0 Å². The van der Waals surface area contributed by atoms with E-state index in [4.69, 9.17) is 5.73 Å². The van der Waals surface area contributed by atoms with Crippen LogP contribution in [0.25, 0.3) is 0 Å². The summed E-state index contributed by atoms with van der Waals surface area (Å²) in [6.07, 6.45) is 2.62. The second-order valence-corrected chi connectivity index (χ2v) is 4.87. The van der Waals surface area contributed by atoms with Gasteiger partial charge in [0, 0.05) is 17.6 Å². The van der Waals surface area contributed by atoms with Crippen molar-refractivity contribution in [3.05, 3.63) is 29.8 Å². The van der Waals surface area contributed by atoms with Crippen molar-refractivity contribution in [2.45, 2.75) is 32.1 Å². The molecule has 0 unspecified atom stereocenters. The molecule has 0 aromatic heterocycles. The third-order valence-corrected chi connectivity index (χ3v) is 3.77. The van der Waals surface area contributed by atoms with Gasteiger partial charge in [0.2, 0.25) is 0 Å². The first-order valence-corrected chi connectivity index (χ1v) is 6.28. The van der Waals surface area contributed by atoms with E-state index in [1.165, 1.54) is 24.9 Å². The Balaban J connectivity index is 2.13. The van der Waals surface area contributed by atoms with Crippen LogP contribution < -0.4 is 5.73 Å². The minimum absolute atomic E-state index is 0.404. The average Bonchev–Trinajstić information content (AvgIpc) is 3.07. The van der Waals surface area contributed by atoms with Gasteiger partial charge in [-0.1, -0.05) is 26.0 Å². The molecule has 0 heterocycles. The number of benzene rings is 1. The van der Waals surface area contributed by atoms with E-state index < -0.39 is 0 Å². The number of rotatable bonds is 5. The van der Waals surface area contributed by atoms with E-state index in [1.54, 1.807) is 0 Å². The lowest BCUT2D eigenvalue weighted by Gasteiger charge is -2.25. The molecule has 1 aromatic carbocycles. The second-order valence-electron chi connectivity index (χ2n) is 4.87. The second kappa shape index (κ2) is 4.46. The number of nitrogen functional groups attached to an aromatic ring is 1. The molecule has 16 heavy (non-hydrogen) atoms. The molecule has 2 nitrogen and oxygen atoms in total. The van der Waals surface area contributed by atoms with Gasteiger partial charge in [-0.3, -0.25) is 0 Å². The monoisotopic (exact) mass is 218 g/mol. The van der Waals surface area contributed by atoms with E-state index in [2.05, 4.69) is 36.9 Å². The summed E-state index contributed by atoms with van der Waals surface area (Å²) in [7, 11) is 0. The summed E-state index contributed by atoms with van der Waals surface area (Å²) < 4.78 is 0. The molecule has 88 valence electrons. The topological polar surface area (TPSA) is 29.3 Å². The van der Waals surface area contributed by atoms with E-state index in [0.717, 1.165) is 18.8 Å². The Morgan fingerprint density at radius 1 is 1.25 bits per heavy atom. The lowest BCUT2D eigenvalue weighted by Crippen LogP contribution is -2.32. The molecule has 0 saturated heterocycles. The predicted octanol–water partition coefficient (Wildman–Crippen LogP) is 2.64. The number of likely N-dealkylation sites (N-methyl/N-ethyl adjacent to an activating group) is 1. The predicted molar refractivity (Wildman–Crippen MR) is 69.6 cm³/mol. The van der Waals surface area contributed by atoms with Crippen LogP contribution in [-0.4, -0.2) is 24.5 Å². The minimum Gasteiger partial charge on any atom is -0.399 e. The van der Waals surface area contributed by atoms with Crippen molar-refractivity contribution < 1.29 is 0 Å². The molecular weight excluding hydrogens is 196 g/mol. The first kappa shape index (κ1) is 11.5. The average molecular weight is 218 g/mol. The maximum atomic E-state index is 5.87. The van der Waals surface area contributed by atoms with E-state index in [-0.39, 0.29) is 0 Å². The third kappa shape index (κ3) is 2.22. The van der Waals surface area contributed by atoms with Crippen molar-refractivity contribution in [3.8, 4) is 0 Å². The zero-order valence-corrected chi connectivity index (χ0v) is 10.4. The Morgan fingerprint density at radius 2 is 1.94 bits per heavy atom.